The lowest BCUT2D eigenvalue weighted by atomic mass is 10.0. The number of rotatable bonds is 8. The van der Waals surface area contributed by atoms with Crippen molar-refractivity contribution in [3.8, 4) is 0 Å². The molecule has 1 nitrogen and oxygen atoms in total. The number of aryl methyl sites for hydroxylation is 2. The summed E-state index contributed by atoms with van der Waals surface area (Å²) >= 11 is 1.97. The molecule has 1 N–H and O–H groups in total. The molecule has 0 fully saturated rings. The first-order valence-electron chi connectivity index (χ1n) is 7.60. The van der Waals surface area contributed by atoms with Crippen molar-refractivity contribution in [2.75, 3.05) is 7.05 Å². The van der Waals surface area contributed by atoms with Crippen molar-refractivity contribution < 1.29 is 0 Å². The zero-order chi connectivity index (χ0) is 14.2. The Kier molecular flexibility index (Phi) is 6.28. The number of nitrogens with one attached hydrogen (secondary N) is 1. The van der Waals surface area contributed by atoms with Crippen molar-refractivity contribution >= 4 is 11.3 Å². The lowest BCUT2D eigenvalue weighted by Crippen LogP contribution is -2.27. The lowest BCUT2D eigenvalue weighted by Gasteiger charge is -2.15. The molecular formula is C18H25NS. The van der Waals surface area contributed by atoms with Crippen LogP contribution in [0.25, 0.3) is 0 Å². The second-order valence-corrected chi connectivity index (χ2v) is 6.54. The highest BCUT2D eigenvalue weighted by molar-refractivity contribution is 7.11. The van der Waals surface area contributed by atoms with E-state index < -0.39 is 0 Å². The predicted octanol–water partition coefficient (Wildman–Crippen LogP) is 4.46. The minimum absolute atomic E-state index is 0.599. The van der Waals surface area contributed by atoms with Gasteiger partial charge in [-0.05, 0) is 56.8 Å². The summed E-state index contributed by atoms with van der Waals surface area (Å²) in [6, 6.07) is 16.0. The van der Waals surface area contributed by atoms with Crippen LogP contribution in [0.2, 0.25) is 0 Å². The summed E-state index contributed by atoms with van der Waals surface area (Å²) in [6.07, 6.45) is 5.99. The van der Waals surface area contributed by atoms with Gasteiger partial charge in [0.2, 0.25) is 0 Å². The summed E-state index contributed by atoms with van der Waals surface area (Å²) in [7, 11) is 2.08. The van der Waals surface area contributed by atoms with Crippen molar-refractivity contribution in [1.29, 1.82) is 0 Å². The van der Waals surface area contributed by atoms with Crippen LogP contribution in [0.15, 0.2) is 42.5 Å². The predicted molar refractivity (Wildman–Crippen MR) is 89.6 cm³/mol. The van der Waals surface area contributed by atoms with Gasteiger partial charge in [-0.1, -0.05) is 37.3 Å². The first-order valence-corrected chi connectivity index (χ1v) is 8.42. The molecule has 0 saturated carbocycles. The van der Waals surface area contributed by atoms with Crippen molar-refractivity contribution in [1.82, 2.24) is 5.32 Å². The van der Waals surface area contributed by atoms with E-state index in [-0.39, 0.29) is 0 Å². The molecule has 0 spiro atoms. The lowest BCUT2D eigenvalue weighted by molar-refractivity contribution is 0.505. The van der Waals surface area contributed by atoms with Crippen molar-refractivity contribution in [3.63, 3.8) is 0 Å². The first-order chi connectivity index (χ1) is 9.81. The molecule has 0 aliphatic carbocycles. The largest absolute Gasteiger partial charge is 0.317 e. The van der Waals surface area contributed by atoms with Crippen molar-refractivity contribution in [2.45, 2.75) is 45.1 Å². The molecule has 2 heteroatoms. The zero-order valence-electron chi connectivity index (χ0n) is 12.6. The van der Waals surface area contributed by atoms with E-state index in [2.05, 4.69) is 61.8 Å². The molecular weight excluding hydrogens is 262 g/mol. The molecule has 0 saturated heterocycles. The van der Waals surface area contributed by atoms with Crippen LogP contribution in [0.1, 0.15) is 35.1 Å². The molecule has 0 aliphatic heterocycles. The quantitative estimate of drug-likeness (QED) is 0.755. The van der Waals surface area contributed by atoms with Crippen molar-refractivity contribution in [3.05, 3.63) is 57.8 Å². The highest BCUT2D eigenvalue weighted by Crippen LogP contribution is 2.20. The number of thiophene rings is 1. The molecule has 0 amide bonds. The Labute approximate surface area is 127 Å². The van der Waals surface area contributed by atoms with Gasteiger partial charge in [0, 0.05) is 15.8 Å². The Morgan fingerprint density at radius 1 is 1.05 bits per heavy atom. The van der Waals surface area contributed by atoms with Crippen LogP contribution in [-0.4, -0.2) is 13.1 Å². The molecule has 2 rings (SSSR count). The molecule has 108 valence electrons. The summed E-state index contributed by atoms with van der Waals surface area (Å²) in [5.41, 5.74) is 1.45. The fraction of sp³-hybridized carbons (Fsp3) is 0.444. The van der Waals surface area contributed by atoms with E-state index in [0.29, 0.717) is 6.04 Å². The van der Waals surface area contributed by atoms with E-state index in [0.717, 1.165) is 12.8 Å². The van der Waals surface area contributed by atoms with Crippen LogP contribution >= 0.6 is 11.3 Å². The molecule has 1 unspecified atom stereocenters. The Balaban J connectivity index is 1.77. The van der Waals surface area contributed by atoms with Gasteiger partial charge < -0.3 is 5.32 Å². The topological polar surface area (TPSA) is 12.0 Å². The molecule has 1 atom stereocenters. The van der Waals surface area contributed by atoms with Crippen LogP contribution in [0.5, 0.6) is 0 Å². The van der Waals surface area contributed by atoms with E-state index >= 15 is 0 Å². The van der Waals surface area contributed by atoms with Gasteiger partial charge in [0.1, 0.15) is 0 Å². The Morgan fingerprint density at radius 2 is 1.80 bits per heavy atom. The molecule has 1 heterocycles. The fourth-order valence-electron chi connectivity index (χ4n) is 2.51. The zero-order valence-corrected chi connectivity index (χ0v) is 13.4. The third kappa shape index (κ3) is 4.77. The minimum atomic E-state index is 0.599. The van der Waals surface area contributed by atoms with Gasteiger partial charge in [0.25, 0.3) is 0 Å². The van der Waals surface area contributed by atoms with E-state index in [9.17, 15) is 0 Å². The summed E-state index contributed by atoms with van der Waals surface area (Å²) < 4.78 is 0. The second-order valence-electron chi connectivity index (χ2n) is 5.29. The molecule has 1 aromatic carbocycles. The smallest absolute Gasteiger partial charge is 0.0112 e. The normalized spacial score (nSPS) is 12.5. The van der Waals surface area contributed by atoms with E-state index in [4.69, 9.17) is 0 Å². The third-order valence-corrected chi connectivity index (χ3v) is 5.03. The van der Waals surface area contributed by atoms with Gasteiger partial charge in [0.05, 0.1) is 0 Å². The van der Waals surface area contributed by atoms with Gasteiger partial charge >= 0.3 is 0 Å². The average molecular weight is 287 g/mol. The molecule has 0 aliphatic rings. The van der Waals surface area contributed by atoms with Crippen LogP contribution in [0.4, 0.5) is 0 Å². The maximum Gasteiger partial charge on any atom is 0.0112 e. The summed E-state index contributed by atoms with van der Waals surface area (Å²) in [5, 5.41) is 3.47. The van der Waals surface area contributed by atoms with Gasteiger partial charge in [-0.15, -0.1) is 11.3 Å². The third-order valence-electron chi connectivity index (χ3n) is 3.78. The van der Waals surface area contributed by atoms with Crippen molar-refractivity contribution in [2.24, 2.45) is 0 Å². The van der Waals surface area contributed by atoms with Gasteiger partial charge in [-0.25, -0.2) is 0 Å². The summed E-state index contributed by atoms with van der Waals surface area (Å²) in [6.45, 7) is 2.23. The fourth-order valence-corrected chi connectivity index (χ4v) is 3.55. The standard InChI is InChI=1S/C18H25NS/c1-3-17-12-13-18(20-17)14-16(19-2)11-7-10-15-8-5-4-6-9-15/h4-6,8-9,12-13,16,19H,3,7,10-11,14H2,1-2H3. The number of likely N-dealkylation sites (N-methyl/N-ethyl adjacent to an activating group) is 1. The number of benzene rings is 1. The van der Waals surface area contributed by atoms with Crippen LogP contribution in [0.3, 0.4) is 0 Å². The van der Waals surface area contributed by atoms with Gasteiger partial charge in [-0.3, -0.25) is 0 Å². The maximum absolute atomic E-state index is 3.47. The molecule has 2 aromatic rings. The first kappa shape index (κ1) is 15.3. The highest BCUT2D eigenvalue weighted by atomic mass is 32.1. The molecule has 20 heavy (non-hydrogen) atoms. The van der Waals surface area contributed by atoms with Crippen LogP contribution in [0, 0.1) is 0 Å². The van der Waals surface area contributed by atoms with Gasteiger partial charge in [-0.2, -0.15) is 0 Å². The monoisotopic (exact) mass is 287 g/mol. The molecule has 0 bridgehead atoms. The van der Waals surface area contributed by atoms with E-state index in [1.165, 1.54) is 34.6 Å². The Hall–Kier alpha value is -1.12. The second kappa shape index (κ2) is 8.23. The summed E-state index contributed by atoms with van der Waals surface area (Å²) in [5.74, 6) is 0. The maximum atomic E-state index is 3.47. The minimum Gasteiger partial charge on any atom is -0.317 e. The Morgan fingerprint density at radius 3 is 2.45 bits per heavy atom. The average Bonchev–Trinajstić information content (AvgIpc) is 2.95. The highest BCUT2D eigenvalue weighted by Gasteiger charge is 2.09. The number of hydrogen-bond acceptors (Lipinski definition) is 2. The molecule has 1 aromatic heterocycles. The Bertz CT molecular complexity index is 489. The summed E-state index contributed by atoms with van der Waals surface area (Å²) in [4.78, 5) is 3.01. The van der Waals surface area contributed by atoms with Gasteiger partial charge in [0.15, 0.2) is 0 Å². The SMILES string of the molecule is CCc1ccc(CC(CCCc2ccccc2)NC)s1. The molecule has 0 radical (unpaired) electrons. The number of hydrogen-bond donors (Lipinski definition) is 1. The van der Waals surface area contributed by atoms with Crippen LogP contribution in [-0.2, 0) is 19.3 Å². The van der Waals surface area contributed by atoms with Crippen LogP contribution < -0.4 is 5.32 Å². The van der Waals surface area contributed by atoms with E-state index in [1.54, 1.807) is 0 Å². The van der Waals surface area contributed by atoms with E-state index in [1.807, 2.05) is 11.3 Å².